The molecule has 1 heterocycles. The van der Waals surface area contributed by atoms with Crippen molar-refractivity contribution in [3.05, 3.63) is 24.3 Å². The third-order valence-electron chi connectivity index (χ3n) is 3.56. The topological polar surface area (TPSA) is 55.8 Å². The lowest BCUT2D eigenvalue weighted by Crippen LogP contribution is -2.29. The first-order chi connectivity index (χ1) is 10.2. The summed E-state index contributed by atoms with van der Waals surface area (Å²) in [5, 5.41) is 9.43. The van der Waals surface area contributed by atoms with E-state index in [1.54, 1.807) is 6.08 Å². The molecule has 1 fully saturated rings. The van der Waals surface area contributed by atoms with Gasteiger partial charge in [-0.25, -0.2) is 0 Å². The van der Waals surface area contributed by atoms with Crippen molar-refractivity contribution in [3.8, 4) is 0 Å². The van der Waals surface area contributed by atoms with E-state index in [4.69, 9.17) is 9.47 Å². The zero-order chi connectivity index (χ0) is 15.5. The SMILES string of the molecule is CC/C=C/C(COC1CCCCO1)C(/C=C/CC)C(=O)O. The molecule has 3 unspecified atom stereocenters. The Bertz CT molecular complexity index is 343. The zero-order valence-corrected chi connectivity index (χ0v) is 13.2. The Morgan fingerprint density at radius 2 is 2.00 bits per heavy atom. The van der Waals surface area contributed by atoms with Gasteiger partial charge in [-0.05, 0) is 32.1 Å². The lowest BCUT2D eigenvalue weighted by Gasteiger charge is -2.26. The quantitative estimate of drug-likeness (QED) is 0.658. The summed E-state index contributed by atoms with van der Waals surface area (Å²) in [7, 11) is 0. The Balaban J connectivity index is 2.65. The van der Waals surface area contributed by atoms with E-state index in [9.17, 15) is 9.90 Å². The molecule has 1 rings (SSSR count). The fourth-order valence-corrected chi connectivity index (χ4v) is 2.34. The Hall–Kier alpha value is -1.13. The minimum Gasteiger partial charge on any atom is -0.481 e. The highest BCUT2D eigenvalue weighted by atomic mass is 16.7. The Morgan fingerprint density at radius 1 is 1.29 bits per heavy atom. The fourth-order valence-electron chi connectivity index (χ4n) is 2.34. The summed E-state index contributed by atoms with van der Waals surface area (Å²) in [6.45, 7) is 5.15. The van der Waals surface area contributed by atoms with Crippen molar-refractivity contribution in [1.29, 1.82) is 0 Å². The summed E-state index contributed by atoms with van der Waals surface area (Å²) < 4.78 is 11.3. The van der Waals surface area contributed by atoms with E-state index in [2.05, 4.69) is 0 Å². The lowest BCUT2D eigenvalue weighted by atomic mass is 9.91. The lowest BCUT2D eigenvalue weighted by molar-refractivity contribution is -0.170. The molecule has 1 saturated heterocycles. The van der Waals surface area contributed by atoms with Gasteiger partial charge in [0.25, 0.3) is 0 Å². The molecule has 0 aromatic rings. The van der Waals surface area contributed by atoms with Gasteiger partial charge in [0.1, 0.15) is 0 Å². The number of carboxylic acids is 1. The predicted molar refractivity (Wildman–Crippen MR) is 83.0 cm³/mol. The number of carboxylic acid groups (broad SMARTS) is 1. The van der Waals surface area contributed by atoms with Crippen molar-refractivity contribution in [2.75, 3.05) is 13.2 Å². The minimum absolute atomic E-state index is 0.157. The second kappa shape index (κ2) is 10.6. The van der Waals surface area contributed by atoms with Crippen LogP contribution < -0.4 is 0 Å². The van der Waals surface area contributed by atoms with Crippen molar-refractivity contribution in [1.82, 2.24) is 0 Å². The van der Waals surface area contributed by atoms with E-state index in [0.29, 0.717) is 6.61 Å². The van der Waals surface area contributed by atoms with Crippen LogP contribution >= 0.6 is 0 Å². The molecule has 3 atom stereocenters. The van der Waals surface area contributed by atoms with Crippen LogP contribution in [0.1, 0.15) is 46.0 Å². The van der Waals surface area contributed by atoms with Gasteiger partial charge in [0.2, 0.25) is 0 Å². The molecular weight excluding hydrogens is 268 g/mol. The molecule has 1 N–H and O–H groups in total. The number of allylic oxidation sites excluding steroid dienone is 2. The van der Waals surface area contributed by atoms with Crippen molar-refractivity contribution >= 4 is 5.97 Å². The maximum atomic E-state index is 11.5. The molecule has 0 aliphatic carbocycles. The minimum atomic E-state index is -0.807. The molecular formula is C17H28O4. The normalized spacial score (nSPS) is 22.7. The van der Waals surface area contributed by atoms with Crippen LogP contribution in [0.15, 0.2) is 24.3 Å². The smallest absolute Gasteiger partial charge is 0.311 e. The second-order valence-electron chi connectivity index (χ2n) is 5.33. The van der Waals surface area contributed by atoms with Crippen LogP contribution in [0.5, 0.6) is 0 Å². The molecule has 0 spiro atoms. The first-order valence-corrected chi connectivity index (χ1v) is 7.98. The second-order valence-corrected chi connectivity index (χ2v) is 5.33. The van der Waals surface area contributed by atoms with E-state index >= 15 is 0 Å². The first-order valence-electron chi connectivity index (χ1n) is 7.98. The van der Waals surface area contributed by atoms with Gasteiger partial charge in [-0.15, -0.1) is 0 Å². The highest BCUT2D eigenvalue weighted by Gasteiger charge is 2.25. The van der Waals surface area contributed by atoms with Gasteiger partial charge < -0.3 is 14.6 Å². The predicted octanol–water partition coefficient (Wildman–Crippen LogP) is 3.78. The molecule has 120 valence electrons. The fraction of sp³-hybridized carbons (Fsp3) is 0.706. The standard InChI is InChI=1S/C17H28O4/c1-3-5-9-14(15(17(18)19)10-6-4-2)13-21-16-11-7-8-12-20-16/h5-6,9-10,14-16H,3-4,7-8,11-13H2,1-2H3,(H,18,19)/b9-5+,10-6+. The van der Waals surface area contributed by atoms with Crippen LogP contribution in [0.3, 0.4) is 0 Å². The first kappa shape index (κ1) is 17.9. The average Bonchev–Trinajstić information content (AvgIpc) is 2.50. The third-order valence-corrected chi connectivity index (χ3v) is 3.56. The van der Waals surface area contributed by atoms with E-state index < -0.39 is 11.9 Å². The summed E-state index contributed by atoms with van der Waals surface area (Å²) >= 11 is 0. The highest BCUT2D eigenvalue weighted by Crippen LogP contribution is 2.21. The summed E-state index contributed by atoms with van der Waals surface area (Å²) in [6, 6.07) is 0. The van der Waals surface area contributed by atoms with Crippen LogP contribution in [0.4, 0.5) is 0 Å². The maximum Gasteiger partial charge on any atom is 0.311 e. The molecule has 0 radical (unpaired) electrons. The van der Waals surface area contributed by atoms with Gasteiger partial charge in [-0.3, -0.25) is 4.79 Å². The number of rotatable bonds is 9. The third kappa shape index (κ3) is 6.91. The highest BCUT2D eigenvalue weighted by molar-refractivity contribution is 5.72. The van der Waals surface area contributed by atoms with Crippen LogP contribution in [0.25, 0.3) is 0 Å². The van der Waals surface area contributed by atoms with Gasteiger partial charge >= 0.3 is 5.97 Å². The molecule has 0 aromatic carbocycles. The zero-order valence-electron chi connectivity index (χ0n) is 13.2. The van der Waals surface area contributed by atoms with Crippen molar-refractivity contribution in [3.63, 3.8) is 0 Å². The van der Waals surface area contributed by atoms with Gasteiger partial charge in [-0.1, -0.05) is 38.2 Å². The maximum absolute atomic E-state index is 11.5. The van der Waals surface area contributed by atoms with E-state index in [1.807, 2.05) is 32.1 Å². The molecule has 0 aromatic heterocycles. The van der Waals surface area contributed by atoms with Crippen LogP contribution in [0, 0.1) is 11.8 Å². The van der Waals surface area contributed by atoms with Gasteiger partial charge in [0.15, 0.2) is 6.29 Å². The molecule has 4 heteroatoms. The number of carbonyl (C=O) groups is 1. The molecule has 1 aliphatic rings. The summed E-state index contributed by atoms with van der Waals surface area (Å²) in [4.78, 5) is 11.5. The Morgan fingerprint density at radius 3 is 2.57 bits per heavy atom. The molecule has 0 amide bonds. The van der Waals surface area contributed by atoms with Crippen molar-refractivity contribution in [2.45, 2.75) is 52.2 Å². The van der Waals surface area contributed by atoms with Crippen LogP contribution in [-0.4, -0.2) is 30.6 Å². The van der Waals surface area contributed by atoms with Gasteiger partial charge in [0.05, 0.1) is 12.5 Å². The van der Waals surface area contributed by atoms with Crippen LogP contribution in [-0.2, 0) is 14.3 Å². The Kier molecular flexibility index (Phi) is 9.02. The average molecular weight is 296 g/mol. The van der Waals surface area contributed by atoms with Crippen molar-refractivity contribution in [2.24, 2.45) is 11.8 Å². The molecule has 1 aliphatic heterocycles. The van der Waals surface area contributed by atoms with Gasteiger partial charge in [0, 0.05) is 12.5 Å². The number of ether oxygens (including phenoxy) is 2. The summed E-state index contributed by atoms with van der Waals surface area (Å²) in [5.41, 5.74) is 0. The monoisotopic (exact) mass is 296 g/mol. The van der Waals surface area contributed by atoms with E-state index in [0.717, 1.165) is 38.7 Å². The summed E-state index contributed by atoms with van der Waals surface area (Å²) in [5.74, 6) is -1.51. The Labute approximate surface area is 127 Å². The van der Waals surface area contributed by atoms with E-state index in [-0.39, 0.29) is 12.2 Å². The van der Waals surface area contributed by atoms with Crippen LogP contribution in [0.2, 0.25) is 0 Å². The molecule has 21 heavy (non-hydrogen) atoms. The number of hydrogen-bond acceptors (Lipinski definition) is 3. The molecule has 0 bridgehead atoms. The van der Waals surface area contributed by atoms with E-state index in [1.165, 1.54) is 0 Å². The number of hydrogen-bond donors (Lipinski definition) is 1. The van der Waals surface area contributed by atoms with Gasteiger partial charge in [-0.2, -0.15) is 0 Å². The molecule has 0 saturated carbocycles. The van der Waals surface area contributed by atoms with Crippen molar-refractivity contribution < 1.29 is 19.4 Å². The summed E-state index contributed by atoms with van der Waals surface area (Å²) in [6.07, 6.45) is 12.3. The molecule has 4 nitrogen and oxygen atoms in total. The number of aliphatic carboxylic acids is 1. The largest absolute Gasteiger partial charge is 0.481 e.